The monoisotopic (exact) mass is 240 g/mol. The van der Waals surface area contributed by atoms with Crippen LogP contribution in [-0.4, -0.2) is 35.0 Å². The van der Waals surface area contributed by atoms with Crippen LogP contribution >= 0.6 is 0 Å². The quantitative estimate of drug-likeness (QED) is 0.783. The minimum Gasteiger partial charge on any atom is -0.490 e. The predicted molar refractivity (Wildman–Crippen MR) is 61.4 cm³/mol. The van der Waals surface area contributed by atoms with Gasteiger partial charge in [-0.25, -0.2) is 4.79 Å². The highest BCUT2D eigenvalue weighted by Crippen LogP contribution is 2.27. The van der Waals surface area contributed by atoms with Crippen molar-refractivity contribution in [1.29, 1.82) is 0 Å². The Morgan fingerprint density at radius 2 is 1.82 bits per heavy atom. The second-order valence-corrected chi connectivity index (χ2v) is 3.75. The molecular formula is C12H16O5. The number of ether oxygens (including phenoxy) is 2. The van der Waals surface area contributed by atoms with E-state index in [0.29, 0.717) is 18.1 Å². The lowest BCUT2D eigenvalue weighted by atomic mass is 10.1. The number of carboxylic acids is 1. The normalized spacial score (nSPS) is 13.8. The summed E-state index contributed by atoms with van der Waals surface area (Å²) in [5, 5.41) is 18.2. The zero-order chi connectivity index (χ0) is 12.9. The molecule has 1 aromatic rings. The van der Waals surface area contributed by atoms with E-state index in [2.05, 4.69) is 0 Å². The second kappa shape index (κ2) is 5.54. The van der Waals surface area contributed by atoms with Gasteiger partial charge in [-0.1, -0.05) is 12.1 Å². The highest BCUT2D eigenvalue weighted by Gasteiger charge is 2.31. The third-order valence-electron chi connectivity index (χ3n) is 2.12. The van der Waals surface area contributed by atoms with Crippen LogP contribution in [0.1, 0.15) is 13.8 Å². The first-order chi connectivity index (χ1) is 7.97. The maximum absolute atomic E-state index is 10.7. The van der Waals surface area contributed by atoms with Gasteiger partial charge in [0.25, 0.3) is 0 Å². The molecule has 0 saturated carbocycles. The molecule has 94 valence electrons. The van der Waals surface area contributed by atoms with Gasteiger partial charge in [-0.15, -0.1) is 0 Å². The fraction of sp³-hybridized carbons (Fsp3) is 0.417. The molecule has 0 spiro atoms. The summed E-state index contributed by atoms with van der Waals surface area (Å²) in [4.78, 5) is 10.7. The maximum Gasteiger partial charge on any atom is 0.339 e. The van der Waals surface area contributed by atoms with Gasteiger partial charge < -0.3 is 19.7 Å². The van der Waals surface area contributed by atoms with Gasteiger partial charge in [-0.2, -0.15) is 0 Å². The maximum atomic E-state index is 10.7. The number of aliphatic carboxylic acids is 1. The molecule has 0 aliphatic carbocycles. The summed E-state index contributed by atoms with van der Waals surface area (Å²) in [6, 6.07) is 6.90. The zero-order valence-electron chi connectivity index (χ0n) is 9.84. The summed E-state index contributed by atoms with van der Waals surface area (Å²) in [6.45, 7) is 3.16. The molecule has 0 saturated heterocycles. The number of carboxylic acid groups (broad SMARTS) is 1. The zero-order valence-corrected chi connectivity index (χ0v) is 9.84. The second-order valence-electron chi connectivity index (χ2n) is 3.75. The molecule has 1 atom stereocenters. The van der Waals surface area contributed by atoms with E-state index in [1.54, 1.807) is 24.3 Å². The summed E-state index contributed by atoms with van der Waals surface area (Å²) < 4.78 is 10.6. The van der Waals surface area contributed by atoms with Crippen molar-refractivity contribution < 1.29 is 24.5 Å². The predicted octanol–water partition coefficient (Wildman–Crippen LogP) is 1.30. The van der Waals surface area contributed by atoms with Gasteiger partial charge in [0, 0.05) is 0 Å². The van der Waals surface area contributed by atoms with Gasteiger partial charge in [0.05, 0.1) is 6.61 Å². The molecule has 0 fully saturated rings. The van der Waals surface area contributed by atoms with Gasteiger partial charge in [0.2, 0.25) is 0 Å². The molecule has 0 aromatic heterocycles. The van der Waals surface area contributed by atoms with Gasteiger partial charge >= 0.3 is 5.97 Å². The first-order valence-electron chi connectivity index (χ1n) is 5.27. The van der Waals surface area contributed by atoms with E-state index >= 15 is 0 Å². The molecule has 0 heterocycles. The van der Waals surface area contributed by atoms with Gasteiger partial charge in [-0.3, -0.25) is 0 Å². The first kappa shape index (κ1) is 13.3. The number of rotatable bonds is 6. The van der Waals surface area contributed by atoms with E-state index in [0.717, 1.165) is 0 Å². The molecule has 2 N–H and O–H groups in total. The molecule has 0 radical (unpaired) electrons. The molecule has 0 amide bonds. The average molecular weight is 240 g/mol. The standard InChI is InChI=1S/C12H16O5/c1-3-16-9-6-4-5-7-10(9)17-8-12(2,15)11(13)14/h4-7,15H,3,8H2,1-2H3,(H,13,14). The van der Waals surface area contributed by atoms with Crippen molar-refractivity contribution in [1.82, 2.24) is 0 Å². The Morgan fingerprint density at radius 3 is 2.29 bits per heavy atom. The number of hydrogen-bond acceptors (Lipinski definition) is 4. The summed E-state index contributed by atoms with van der Waals surface area (Å²) in [6.07, 6.45) is 0. The Kier molecular flexibility index (Phi) is 4.34. The number of benzene rings is 1. The fourth-order valence-electron chi connectivity index (χ4n) is 1.12. The van der Waals surface area contributed by atoms with Crippen LogP contribution in [0.4, 0.5) is 0 Å². The van der Waals surface area contributed by atoms with Crippen LogP contribution < -0.4 is 9.47 Å². The Bertz CT molecular complexity index is 386. The lowest BCUT2D eigenvalue weighted by Gasteiger charge is -2.19. The minimum absolute atomic E-state index is 0.341. The van der Waals surface area contributed by atoms with Crippen molar-refractivity contribution in [2.75, 3.05) is 13.2 Å². The van der Waals surface area contributed by atoms with Crippen molar-refractivity contribution in [2.45, 2.75) is 19.4 Å². The Balaban J connectivity index is 2.72. The Hall–Kier alpha value is -1.75. The van der Waals surface area contributed by atoms with Crippen LogP contribution in [0.15, 0.2) is 24.3 Å². The highest BCUT2D eigenvalue weighted by molar-refractivity contribution is 5.76. The molecule has 1 aromatic carbocycles. The molecule has 0 aliphatic rings. The van der Waals surface area contributed by atoms with E-state index in [1.165, 1.54) is 6.92 Å². The lowest BCUT2D eigenvalue weighted by Crippen LogP contribution is -2.41. The van der Waals surface area contributed by atoms with Crippen LogP contribution in [0.3, 0.4) is 0 Å². The third kappa shape index (κ3) is 3.64. The summed E-state index contributed by atoms with van der Waals surface area (Å²) in [5.74, 6) is -0.390. The Morgan fingerprint density at radius 1 is 1.29 bits per heavy atom. The lowest BCUT2D eigenvalue weighted by molar-refractivity contribution is -0.159. The van der Waals surface area contributed by atoms with Crippen LogP contribution in [0.5, 0.6) is 11.5 Å². The highest BCUT2D eigenvalue weighted by atomic mass is 16.5. The van der Waals surface area contributed by atoms with Crippen molar-refractivity contribution >= 4 is 5.97 Å². The van der Waals surface area contributed by atoms with E-state index in [1.807, 2.05) is 6.92 Å². The number of para-hydroxylation sites is 2. The van der Waals surface area contributed by atoms with Crippen molar-refractivity contribution in [3.05, 3.63) is 24.3 Å². The van der Waals surface area contributed by atoms with E-state index in [4.69, 9.17) is 14.6 Å². The Labute approximate surface area is 99.6 Å². The topological polar surface area (TPSA) is 76.0 Å². The number of aliphatic hydroxyl groups is 1. The van der Waals surface area contributed by atoms with E-state index in [-0.39, 0.29) is 6.61 Å². The van der Waals surface area contributed by atoms with Crippen LogP contribution in [0.2, 0.25) is 0 Å². The van der Waals surface area contributed by atoms with Gasteiger partial charge in [0.1, 0.15) is 6.61 Å². The van der Waals surface area contributed by atoms with Crippen LogP contribution in [-0.2, 0) is 4.79 Å². The van der Waals surface area contributed by atoms with Crippen molar-refractivity contribution in [3.8, 4) is 11.5 Å². The average Bonchev–Trinajstić information content (AvgIpc) is 2.28. The van der Waals surface area contributed by atoms with E-state index < -0.39 is 11.6 Å². The summed E-state index contributed by atoms with van der Waals surface area (Å²) in [5.41, 5.74) is -1.92. The molecule has 0 aliphatic heterocycles. The van der Waals surface area contributed by atoms with E-state index in [9.17, 15) is 9.90 Å². The SMILES string of the molecule is CCOc1ccccc1OCC(C)(O)C(=O)O. The molecule has 5 heteroatoms. The molecule has 0 bridgehead atoms. The number of carbonyl (C=O) groups is 1. The first-order valence-corrected chi connectivity index (χ1v) is 5.27. The van der Waals surface area contributed by atoms with Crippen molar-refractivity contribution in [3.63, 3.8) is 0 Å². The van der Waals surface area contributed by atoms with Gasteiger partial charge in [0.15, 0.2) is 17.1 Å². The van der Waals surface area contributed by atoms with Crippen molar-refractivity contribution in [2.24, 2.45) is 0 Å². The molecule has 5 nitrogen and oxygen atoms in total. The molecule has 17 heavy (non-hydrogen) atoms. The summed E-state index contributed by atoms with van der Waals surface area (Å²) in [7, 11) is 0. The molecule has 1 unspecified atom stereocenters. The third-order valence-corrected chi connectivity index (χ3v) is 2.12. The molecule has 1 rings (SSSR count). The summed E-state index contributed by atoms with van der Waals surface area (Å²) >= 11 is 0. The van der Waals surface area contributed by atoms with Gasteiger partial charge in [-0.05, 0) is 26.0 Å². The largest absolute Gasteiger partial charge is 0.490 e. The number of hydrogen-bond donors (Lipinski definition) is 2. The van der Waals surface area contributed by atoms with Crippen LogP contribution in [0, 0.1) is 0 Å². The van der Waals surface area contributed by atoms with Crippen LogP contribution in [0.25, 0.3) is 0 Å². The molecular weight excluding hydrogens is 224 g/mol. The smallest absolute Gasteiger partial charge is 0.339 e. The minimum atomic E-state index is -1.92. The fourth-order valence-corrected chi connectivity index (χ4v) is 1.12.